The van der Waals surface area contributed by atoms with Crippen LogP contribution in [0.3, 0.4) is 0 Å². The van der Waals surface area contributed by atoms with Crippen molar-refractivity contribution in [2.24, 2.45) is 5.11 Å². The highest BCUT2D eigenvalue weighted by Gasteiger charge is 2.49. The molecule has 0 heterocycles. The van der Waals surface area contributed by atoms with Gasteiger partial charge in [0, 0.05) is 18.1 Å². The van der Waals surface area contributed by atoms with Crippen LogP contribution in [0.15, 0.2) is 65.8 Å². The predicted octanol–water partition coefficient (Wildman–Crippen LogP) is 5.04. The predicted molar refractivity (Wildman–Crippen MR) is 111 cm³/mol. The molecule has 0 aliphatic carbocycles. The van der Waals surface area contributed by atoms with E-state index in [0.717, 1.165) is 25.9 Å². The van der Waals surface area contributed by atoms with Crippen molar-refractivity contribution >= 4 is 18.7 Å². The molecule has 0 radical (unpaired) electrons. The average Bonchev–Trinajstić information content (AvgIpc) is 2.64. The fraction of sp³-hybridized carbons (Fsp3) is 0.429. The maximum atomic E-state index is 8.36. The molecule has 2 aromatic rings. The van der Waals surface area contributed by atoms with Crippen LogP contribution in [0.25, 0.3) is 10.4 Å². The number of hydrogen-bond donors (Lipinski definition) is 0. The minimum atomic E-state index is -2.41. The van der Waals surface area contributed by atoms with E-state index in [0.29, 0.717) is 6.54 Å². The number of azide groups is 1. The van der Waals surface area contributed by atoms with E-state index in [1.54, 1.807) is 0 Å². The van der Waals surface area contributed by atoms with Crippen molar-refractivity contribution < 1.29 is 4.43 Å². The molecule has 0 amide bonds. The van der Waals surface area contributed by atoms with Crippen molar-refractivity contribution in [3.05, 3.63) is 71.1 Å². The van der Waals surface area contributed by atoms with Gasteiger partial charge >= 0.3 is 0 Å². The molecule has 0 saturated heterocycles. The summed E-state index contributed by atoms with van der Waals surface area (Å²) in [6.07, 6.45) is 2.90. The van der Waals surface area contributed by atoms with Crippen molar-refractivity contribution in [1.82, 2.24) is 0 Å². The zero-order valence-electron chi connectivity index (χ0n) is 16.1. The molecule has 0 saturated carbocycles. The number of rotatable bonds is 9. The molecule has 0 aliphatic heterocycles. The summed E-state index contributed by atoms with van der Waals surface area (Å²) in [5.74, 6) is 0. The normalized spacial score (nSPS) is 11.8. The molecular weight excluding hydrogens is 338 g/mol. The summed E-state index contributed by atoms with van der Waals surface area (Å²) in [6, 6.07) is 21.4. The first-order chi connectivity index (χ1) is 12.5. The van der Waals surface area contributed by atoms with Crippen LogP contribution in [-0.2, 0) is 4.43 Å². The smallest absolute Gasteiger partial charge is 0.261 e. The topological polar surface area (TPSA) is 58.0 Å². The van der Waals surface area contributed by atoms with Gasteiger partial charge in [-0.15, -0.1) is 0 Å². The highest BCUT2D eigenvalue weighted by Crippen LogP contribution is 2.36. The van der Waals surface area contributed by atoms with Crippen LogP contribution in [0.5, 0.6) is 0 Å². The second-order valence-electron chi connectivity index (χ2n) is 7.53. The van der Waals surface area contributed by atoms with E-state index in [1.807, 2.05) is 0 Å². The lowest BCUT2D eigenvalue weighted by molar-refractivity contribution is 0.287. The summed E-state index contributed by atoms with van der Waals surface area (Å²) in [7, 11) is -2.41. The summed E-state index contributed by atoms with van der Waals surface area (Å²) < 4.78 is 6.81. The second kappa shape index (κ2) is 9.58. The van der Waals surface area contributed by atoms with Gasteiger partial charge in [0.25, 0.3) is 8.32 Å². The molecule has 0 N–H and O–H groups in total. The Kier molecular flexibility index (Phi) is 7.46. The summed E-state index contributed by atoms with van der Waals surface area (Å²) in [6.45, 7) is 8.17. The Bertz CT molecular complexity index is 668. The SMILES string of the molecule is CC(C)(C)[Si](OCCCCCN=[N+]=[N-])(c1ccccc1)c1ccccc1. The molecule has 0 aliphatic rings. The largest absolute Gasteiger partial charge is 0.407 e. The van der Waals surface area contributed by atoms with Gasteiger partial charge in [0.2, 0.25) is 0 Å². The highest BCUT2D eigenvalue weighted by atomic mass is 28.4. The lowest BCUT2D eigenvalue weighted by Gasteiger charge is -2.43. The van der Waals surface area contributed by atoms with Crippen LogP contribution in [-0.4, -0.2) is 21.5 Å². The van der Waals surface area contributed by atoms with E-state index in [9.17, 15) is 0 Å². The Hall–Kier alpha value is -2.07. The number of benzene rings is 2. The van der Waals surface area contributed by atoms with E-state index < -0.39 is 8.32 Å². The monoisotopic (exact) mass is 367 g/mol. The molecule has 5 heteroatoms. The van der Waals surface area contributed by atoms with Crippen molar-refractivity contribution in [2.45, 2.75) is 45.1 Å². The lowest BCUT2D eigenvalue weighted by atomic mass is 10.2. The Balaban J connectivity index is 2.28. The Morgan fingerprint density at radius 3 is 1.88 bits per heavy atom. The minimum Gasteiger partial charge on any atom is -0.407 e. The zero-order valence-corrected chi connectivity index (χ0v) is 17.1. The first-order valence-electron chi connectivity index (χ1n) is 9.28. The molecule has 0 spiro atoms. The van der Waals surface area contributed by atoms with Gasteiger partial charge in [0.15, 0.2) is 0 Å². The van der Waals surface area contributed by atoms with Crippen molar-refractivity contribution in [3.63, 3.8) is 0 Å². The first-order valence-corrected chi connectivity index (χ1v) is 11.2. The minimum absolute atomic E-state index is 0.0147. The third kappa shape index (κ3) is 4.76. The Labute approximate surface area is 158 Å². The molecule has 138 valence electrons. The van der Waals surface area contributed by atoms with E-state index in [1.165, 1.54) is 10.4 Å². The molecule has 2 rings (SSSR count). The standard InChI is InChI=1S/C21H29N3OSi/c1-21(2,3)26(19-13-7-4-8-14-19,20-15-9-5-10-16-20)25-18-12-6-11-17-23-24-22/h4-5,7-10,13-16H,6,11-12,17-18H2,1-3H3. The molecule has 0 aromatic heterocycles. The van der Waals surface area contributed by atoms with E-state index in [2.05, 4.69) is 91.5 Å². The fourth-order valence-corrected chi connectivity index (χ4v) is 8.10. The molecule has 0 fully saturated rings. The quantitative estimate of drug-likeness (QED) is 0.201. The summed E-state index contributed by atoms with van der Waals surface area (Å²) in [5, 5.41) is 6.24. The first kappa shape index (κ1) is 20.2. The summed E-state index contributed by atoms with van der Waals surface area (Å²) in [5.41, 5.74) is 8.36. The Morgan fingerprint density at radius 1 is 0.885 bits per heavy atom. The van der Waals surface area contributed by atoms with Gasteiger partial charge in [-0.2, -0.15) is 0 Å². The third-order valence-corrected chi connectivity index (χ3v) is 9.74. The van der Waals surface area contributed by atoms with Gasteiger partial charge in [-0.1, -0.05) is 93.0 Å². The zero-order chi connectivity index (χ0) is 18.9. The fourth-order valence-electron chi connectivity index (χ4n) is 3.49. The van der Waals surface area contributed by atoms with Gasteiger partial charge in [-0.05, 0) is 33.8 Å². The van der Waals surface area contributed by atoms with Crippen molar-refractivity contribution in [1.29, 1.82) is 0 Å². The summed E-state index contributed by atoms with van der Waals surface area (Å²) in [4.78, 5) is 2.80. The van der Waals surface area contributed by atoms with E-state index in [-0.39, 0.29) is 5.04 Å². The van der Waals surface area contributed by atoms with Crippen LogP contribution in [0.4, 0.5) is 0 Å². The van der Waals surface area contributed by atoms with Gasteiger partial charge < -0.3 is 4.43 Å². The molecule has 0 unspecified atom stereocenters. The van der Waals surface area contributed by atoms with Gasteiger partial charge in [-0.25, -0.2) is 0 Å². The van der Waals surface area contributed by atoms with Crippen molar-refractivity contribution in [3.8, 4) is 0 Å². The molecule has 4 nitrogen and oxygen atoms in total. The van der Waals surface area contributed by atoms with E-state index >= 15 is 0 Å². The van der Waals surface area contributed by atoms with Gasteiger partial charge in [0.05, 0.1) is 0 Å². The van der Waals surface area contributed by atoms with Crippen LogP contribution in [0.2, 0.25) is 5.04 Å². The highest BCUT2D eigenvalue weighted by molar-refractivity contribution is 6.99. The van der Waals surface area contributed by atoms with Gasteiger partial charge in [-0.3, -0.25) is 0 Å². The van der Waals surface area contributed by atoms with Crippen LogP contribution < -0.4 is 10.4 Å². The molecule has 26 heavy (non-hydrogen) atoms. The van der Waals surface area contributed by atoms with Crippen LogP contribution >= 0.6 is 0 Å². The van der Waals surface area contributed by atoms with Crippen LogP contribution in [0.1, 0.15) is 40.0 Å². The number of nitrogens with zero attached hydrogens (tertiary/aromatic N) is 3. The molecule has 0 atom stereocenters. The lowest BCUT2D eigenvalue weighted by Crippen LogP contribution is -2.66. The van der Waals surface area contributed by atoms with Crippen LogP contribution in [0, 0.1) is 0 Å². The Morgan fingerprint density at radius 2 is 1.42 bits per heavy atom. The number of unbranched alkanes of at least 4 members (excludes halogenated alkanes) is 2. The second-order valence-corrected chi connectivity index (χ2v) is 11.8. The molecular formula is C21H29N3OSi. The van der Waals surface area contributed by atoms with Crippen molar-refractivity contribution in [2.75, 3.05) is 13.2 Å². The van der Waals surface area contributed by atoms with Gasteiger partial charge in [0.1, 0.15) is 0 Å². The maximum Gasteiger partial charge on any atom is 0.261 e. The van der Waals surface area contributed by atoms with E-state index in [4.69, 9.17) is 9.96 Å². The molecule has 2 aromatic carbocycles. The number of hydrogen-bond acceptors (Lipinski definition) is 2. The third-order valence-electron chi connectivity index (χ3n) is 4.70. The average molecular weight is 368 g/mol. The molecule has 0 bridgehead atoms. The summed E-state index contributed by atoms with van der Waals surface area (Å²) >= 11 is 0. The maximum absolute atomic E-state index is 8.36.